The largest absolute Gasteiger partial charge is 0.310 e. The van der Waals surface area contributed by atoms with Gasteiger partial charge in [0.25, 0.3) is 0 Å². The van der Waals surface area contributed by atoms with Gasteiger partial charge in [0.2, 0.25) is 0 Å². The summed E-state index contributed by atoms with van der Waals surface area (Å²) in [4.78, 5) is 0. The first kappa shape index (κ1) is 14.6. The topological polar surface area (TPSA) is 12.0 Å². The van der Waals surface area contributed by atoms with Crippen molar-refractivity contribution in [2.45, 2.75) is 58.9 Å². The van der Waals surface area contributed by atoms with Crippen LogP contribution in [0.5, 0.6) is 0 Å². The number of nitrogens with one attached hydrogen (secondary N) is 1. The lowest BCUT2D eigenvalue weighted by Gasteiger charge is -2.30. The Labute approximate surface area is 118 Å². The molecule has 0 amide bonds. The fourth-order valence-electron chi connectivity index (χ4n) is 3.05. The molecule has 1 unspecified atom stereocenters. The summed E-state index contributed by atoms with van der Waals surface area (Å²) in [5, 5.41) is 3.68. The Morgan fingerprint density at radius 1 is 1.26 bits per heavy atom. The maximum atomic E-state index is 3.68. The second-order valence-corrected chi connectivity index (χ2v) is 6.49. The van der Waals surface area contributed by atoms with E-state index in [-0.39, 0.29) is 0 Å². The van der Waals surface area contributed by atoms with Crippen LogP contribution < -0.4 is 5.32 Å². The summed E-state index contributed by atoms with van der Waals surface area (Å²) in [5.41, 5.74) is 2.98. The van der Waals surface area contributed by atoms with E-state index in [2.05, 4.69) is 50.4 Å². The zero-order valence-corrected chi connectivity index (χ0v) is 12.8. The van der Waals surface area contributed by atoms with Crippen molar-refractivity contribution >= 4 is 0 Å². The Bertz CT molecular complexity index is 379. The van der Waals surface area contributed by atoms with E-state index in [1.165, 1.54) is 43.2 Å². The zero-order chi connectivity index (χ0) is 13.7. The predicted molar refractivity (Wildman–Crippen MR) is 83.4 cm³/mol. The molecule has 1 N–H and O–H groups in total. The second kappa shape index (κ2) is 7.09. The molecule has 0 bridgehead atoms. The fraction of sp³-hybridized carbons (Fsp3) is 0.667. The third kappa shape index (κ3) is 4.35. The Morgan fingerprint density at radius 3 is 2.63 bits per heavy atom. The molecule has 0 aromatic heterocycles. The highest BCUT2D eigenvalue weighted by atomic mass is 14.9. The SMILES string of the molecule is CCNC(CC1CCC1)c1cccc(CC(C)C)c1. The minimum Gasteiger partial charge on any atom is -0.310 e. The van der Waals surface area contributed by atoms with Gasteiger partial charge in [0, 0.05) is 6.04 Å². The van der Waals surface area contributed by atoms with E-state index in [1.807, 2.05) is 0 Å². The first-order valence-electron chi connectivity index (χ1n) is 8.01. The third-order valence-corrected chi connectivity index (χ3v) is 4.24. The van der Waals surface area contributed by atoms with Crippen molar-refractivity contribution in [2.75, 3.05) is 6.54 Å². The van der Waals surface area contributed by atoms with Gasteiger partial charge in [-0.15, -0.1) is 0 Å². The molecule has 0 aliphatic heterocycles. The van der Waals surface area contributed by atoms with Gasteiger partial charge in [-0.2, -0.15) is 0 Å². The van der Waals surface area contributed by atoms with Gasteiger partial charge in [-0.25, -0.2) is 0 Å². The van der Waals surface area contributed by atoms with E-state index in [0.29, 0.717) is 6.04 Å². The zero-order valence-electron chi connectivity index (χ0n) is 12.8. The van der Waals surface area contributed by atoms with Crippen LogP contribution in [0, 0.1) is 11.8 Å². The minimum absolute atomic E-state index is 0.558. The summed E-state index contributed by atoms with van der Waals surface area (Å²) in [6.45, 7) is 7.86. The van der Waals surface area contributed by atoms with Gasteiger partial charge >= 0.3 is 0 Å². The summed E-state index contributed by atoms with van der Waals surface area (Å²) in [7, 11) is 0. The van der Waals surface area contributed by atoms with Crippen LogP contribution in [0.3, 0.4) is 0 Å². The number of hydrogen-bond donors (Lipinski definition) is 1. The lowest BCUT2D eigenvalue weighted by molar-refractivity contribution is 0.262. The van der Waals surface area contributed by atoms with Gasteiger partial charge in [0.05, 0.1) is 0 Å². The minimum atomic E-state index is 0.558. The number of hydrogen-bond acceptors (Lipinski definition) is 1. The summed E-state index contributed by atoms with van der Waals surface area (Å²) >= 11 is 0. The Balaban J connectivity index is 2.06. The molecule has 1 aromatic rings. The molecule has 2 rings (SSSR count). The highest BCUT2D eigenvalue weighted by molar-refractivity contribution is 5.26. The molecule has 1 atom stereocenters. The van der Waals surface area contributed by atoms with E-state index >= 15 is 0 Å². The molecule has 1 saturated carbocycles. The van der Waals surface area contributed by atoms with E-state index < -0.39 is 0 Å². The molecule has 1 heteroatoms. The van der Waals surface area contributed by atoms with Crippen molar-refractivity contribution in [3.8, 4) is 0 Å². The second-order valence-electron chi connectivity index (χ2n) is 6.49. The van der Waals surface area contributed by atoms with E-state index in [9.17, 15) is 0 Å². The molecule has 1 nitrogen and oxygen atoms in total. The molecule has 0 heterocycles. The predicted octanol–water partition coefficient (Wildman–Crippen LogP) is 4.73. The Morgan fingerprint density at radius 2 is 2.05 bits per heavy atom. The quantitative estimate of drug-likeness (QED) is 0.746. The lowest BCUT2D eigenvalue weighted by Crippen LogP contribution is -2.26. The van der Waals surface area contributed by atoms with Crippen LogP contribution in [-0.4, -0.2) is 6.54 Å². The molecular formula is C18H29N. The smallest absolute Gasteiger partial charge is 0.0322 e. The van der Waals surface area contributed by atoms with E-state index in [0.717, 1.165) is 18.4 Å². The summed E-state index contributed by atoms with van der Waals surface area (Å²) < 4.78 is 0. The van der Waals surface area contributed by atoms with E-state index in [4.69, 9.17) is 0 Å². The molecule has 1 aromatic carbocycles. The van der Waals surface area contributed by atoms with Crippen LogP contribution in [-0.2, 0) is 6.42 Å². The van der Waals surface area contributed by atoms with Gasteiger partial charge in [0.15, 0.2) is 0 Å². The Hall–Kier alpha value is -0.820. The maximum absolute atomic E-state index is 3.68. The molecule has 1 aliphatic carbocycles. The van der Waals surface area contributed by atoms with Gasteiger partial charge in [-0.05, 0) is 42.3 Å². The van der Waals surface area contributed by atoms with Crippen LogP contribution in [0.2, 0.25) is 0 Å². The first-order valence-corrected chi connectivity index (χ1v) is 8.01. The highest BCUT2D eigenvalue weighted by Gasteiger charge is 2.22. The maximum Gasteiger partial charge on any atom is 0.0322 e. The molecule has 1 aliphatic rings. The van der Waals surface area contributed by atoms with Gasteiger partial charge < -0.3 is 5.32 Å². The van der Waals surface area contributed by atoms with Crippen LogP contribution in [0.4, 0.5) is 0 Å². The summed E-state index contributed by atoms with van der Waals surface area (Å²) in [6, 6.07) is 9.79. The average Bonchev–Trinajstić information content (AvgIpc) is 2.31. The van der Waals surface area contributed by atoms with Crippen molar-refractivity contribution in [1.29, 1.82) is 0 Å². The molecule has 19 heavy (non-hydrogen) atoms. The summed E-state index contributed by atoms with van der Waals surface area (Å²) in [6.07, 6.45) is 6.83. The van der Waals surface area contributed by atoms with Crippen molar-refractivity contribution < 1.29 is 0 Å². The van der Waals surface area contributed by atoms with Crippen molar-refractivity contribution in [1.82, 2.24) is 5.32 Å². The molecule has 0 spiro atoms. The number of benzene rings is 1. The van der Waals surface area contributed by atoms with Crippen molar-refractivity contribution in [3.05, 3.63) is 35.4 Å². The first-order chi connectivity index (χ1) is 9.19. The highest BCUT2D eigenvalue weighted by Crippen LogP contribution is 2.34. The van der Waals surface area contributed by atoms with Crippen molar-refractivity contribution in [3.63, 3.8) is 0 Å². The van der Waals surface area contributed by atoms with Crippen LogP contribution in [0.1, 0.15) is 63.6 Å². The molecular weight excluding hydrogens is 230 g/mol. The third-order valence-electron chi connectivity index (χ3n) is 4.24. The monoisotopic (exact) mass is 259 g/mol. The van der Waals surface area contributed by atoms with Gasteiger partial charge in [0.1, 0.15) is 0 Å². The summed E-state index contributed by atoms with van der Waals surface area (Å²) in [5.74, 6) is 1.69. The van der Waals surface area contributed by atoms with E-state index in [1.54, 1.807) is 0 Å². The molecule has 0 saturated heterocycles. The van der Waals surface area contributed by atoms with Crippen LogP contribution in [0.25, 0.3) is 0 Å². The average molecular weight is 259 g/mol. The fourth-order valence-corrected chi connectivity index (χ4v) is 3.05. The molecule has 0 radical (unpaired) electrons. The standard InChI is InChI=1S/C18H29N/c1-4-19-18(13-15-7-5-8-15)17-10-6-9-16(12-17)11-14(2)3/h6,9-10,12,14-15,18-19H,4-5,7-8,11,13H2,1-3H3. The van der Waals surface area contributed by atoms with Crippen molar-refractivity contribution in [2.24, 2.45) is 11.8 Å². The van der Waals surface area contributed by atoms with Gasteiger partial charge in [-0.3, -0.25) is 0 Å². The van der Waals surface area contributed by atoms with Crippen LogP contribution >= 0.6 is 0 Å². The van der Waals surface area contributed by atoms with Crippen LogP contribution in [0.15, 0.2) is 24.3 Å². The number of rotatable bonds is 7. The Kier molecular flexibility index (Phi) is 5.45. The normalized spacial score (nSPS) is 17.5. The van der Waals surface area contributed by atoms with Gasteiger partial charge in [-0.1, -0.05) is 64.3 Å². The molecule has 1 fully saturated rings. The molecule has 106 valence electrons. The lowest BCUT2D eigenvalue weighted by atomic mass is 9.79.